The van der Waals surface area contributed by atoms with E-state index in [1.165, 1.54) is 12.8 Å². The number of rotatable bonds is 7. The van der Waals surface area contributed by atoms with E-state index < -0.39 is 0 Å². The summed E-state index contributed by atoms with van der Waals surface area (Å²) >= 11 is 0. The van der Waals surface area contributed by atoms with E-state index in [0.717, 1.165) is 66.1 Å². The van der Waals surface area contributed by atoms with Gasteiger partial charge in [0.25, 0.3) is 5.91 Å². The molecule has 3 N–H and O–H groups in total. The number of carbonyl (C=O) groups is 2. The first-order valence-electron chi connectivity index (χ1n) is 15.2. The lowest BCUT2D eigenvalue weighted by molar-refractivity contribution is -0.127. The lowest BCUT2D eigenvalue weighted by atomic mass is 9.51. The molecular weight excluding hydrogens is 512 g/mol. The highest BCUT2D eigenvalue weighted by Gasteiger charge is 2.57. The Morgan fingerprint density at radius 2 is 1.68 bits per heavy atom. The van der Waals surface area contributed by atoms with Crippen molar-refractivity contribution in [1.29, 1.82) is 0 Å². The number of phenolic OH excluding ortho intramolecular Hbond substituents is 2. The molecule has 41 heavy (non-hydrogen) atoms. The van der Waals surface area contributed by atoms with Crippen molar-refractivity contribution in [3.63, 3.8) is 0 Å². The predicted octanol–water partition coefficient (Wildman–Crippen LogP) is 5.38. The standard InChI is InChI=1S/C35H38N2O4/c38-27-10-7-25(8-11-27)24-5-3-22(4-6-24)15-17-36-34(41)29-13-9-26-19-31-30-14-12-28(39)20-35(30,32(26)33(29)40)16-18-37(31)21-23-1-2-23/h3-11,13,23,30-31,38,40H,1-2,12,14-21H2,(H,36,41). The van der Waals surface area contributed by atoms with E-state index in [1.807, 2.05) is 30.3 Å². The van der Waals surface area contributed by atoms with Crippen LogP contribution in [0, 0.1) is 11.8 Å². The molecule has 6 nitrogen and oxygen atoms in total. The van der Waals surface area contributed by atoms with E-state index in [-0.39, 0.29) is 28.6 Å². The first-order valence-corrected chi connectivity index (χ1v) is 15.2. The van der Waals surface area contributed by atoms with E-state index in [0.29, 0.717) is 43.3 Å². The molecule has 1 aliphatic heterocycles. The van der Waals surface area contributed by atoms with Gasteiger partial charge < -0.3 is 15.5 Å². The normalized spacial score (nSPS) is 25.3. The largest absolute Gasteiger partial charge is 0.508 e. The van der Waals surface area contributed by atoms with E-state index >= 15 is 0 Å². The number of carbonyl (C=O) groups excluding carboxylic acids is 2. The number of ketones is 1. The number of nitrogens with zero attached hydrogens (tertiary/aromatic N) is 1. The van der Waals surface area contributed by atoms with Crippen molar-refractivity contribution < 1.29 is 19.8 Å². The zero-order valence-corrected chi connectivity index (χ0v) is 23.4. The molecule has 4 aliphatic rings. The number of fused-ring (bicyclic) bond motifs is 1. The summed E-state index contributed by atoms with van der Waals surface area (Å²) in [6.45, 7) is 2.58. The highest BCUT2D eigenvalue weighted by Crippen LogP contribution is 2.58. The number of amides is 1. The average Bonchev–Trinajstić information content (AvgIpc) is 3.79. The fourth-order valence-electron chi connectivity index (χ4n) is 7.99. The van der Waals surface area contributed by atoms with Crippen molar-refractivity contribution in [3.8, 4) is 22.6 Å². The van der Waals surface area contributed by atoms with E-state index in [9.17, 15) is 19.8 Å². The summed E-state index contributed by atoms with van der Waals surface area (Å²) in [6, 6.07) is 19.6. The zero-order valence-electron chi connectivity index (χ0n) is 23.4. The van der Waals surface area contributed by atoms with Crippen LogP contribution in [0.25, 0.3) is 11.1 Å². The van der Waals surface area contributed by atoms with Crippen LogP contribution in [0.1, 0.15) is 65.6 Å². The third-order valence-electron chi connectivity index (χ3n) is 10.2. The SMILES string of the molecule is O=C1CCC2C3Cc4ccc(C(=O)NCCc5ccc(-c6ccc(O)cc6)cc5)c(O)c4C2(CCN3CC2CC2)C1. The zero-order chi connectivity index (χ0) is 28.1. The fourth-order valence-corrected chi connectivity index (χ4v) is 7.99. The molecule has 0 aromatic heterocycles. The topological polar surface area (TPSA) is 89.9 Å². The molecule has 6 heteroatoms. The molecule has 7 rings (SSSR count). The molecule has 0 radical (unpaired) electrons. The fraction of sp³-hybridized carbons (Fsp3) is 0.429. The summed E-state index contributed by atoms with van der Waals surface area (Å²) in [5, 5.41) is 24.2. The van der Waals surface area contributed by atoms with Gasteiger partial charge in [0, 0.05) is 43.0 Å². The number of piperidine rings is 1. The van der Waals surface area contributed by atoms with E-state index in [2.05, 4.69) is 22.3 Å². The lowest BCUT2D eigenvalue weighted by Gasteiger charge is -2.58. The molecule has 3 aromatic carbocycles. The van der Waals surface area contributed by atoms with E-state index in [4.69, 9.17) is 0 Å². The molecule has 1 amide bonds. The van der Waals surface area contributed by atoms with Crippen LogP contribution in [0.2, 0.25) is 0 Å². The predicted molar refractivity (Wildman–Crippen MR) is 158 cm³/mol. The molecule has 3 aliphatic carbocycles. The number of phenols is 2. The van der Waals surface area contributed by atoms with E-state index in [1.54, 1.807) is 18.2 Å². The molecular formula is C35H38N2O4. The second-order valence-corrected chi connectivity index (χ2v) is 12.7. The first kappa shape index (κ1) is 26.3. The Bertz CT molecular complexity index is 1480. The average molecular weight is 551 g/mol. The van der Waals surface area contributed by atoms with Gasteiger partial charge in [-0.15, -0.1) is 0 Å². The van der Waals surface area contributed by atoms with Crippen LogP contribution in [0.5, 0.6) is 11.5 Å². The minimum absolute atomic E-state index is 0.0899. The number of nitrogens with one attached hydrogen (secondary N) is 1. The molecule has 3 unspecified atom stereocenters. The number of hydrogen-bond donors (Lipinski definition) is 3. The Kier molecular flexibility index (Phi) is 6.61. The summed E-state index contributed by atoms with van der Waals surface area (Å²) in [5.41, 5.74) is 5.17. The van der Waals surface area contributed by atoms with Gasteiger partial charge in [0.1, 0.15) is 17.3 Å². The molecule has 3 fully saturated rings. The van der Waals surface area contributed by atoms with Crippen LogP contribution < -0.4 is 5.32 Å². The number of likely N-dealkylation sites (tertiary alicyclic amines) is 1. The number of aromatic hydroxyl groups is 2. The minimum Gasteiger partial charge on any atom is -0.508 e. The molecule has 1 heterocycles. The van der Waals surface area contributed by atoms with Gasteiger partial charge in [0.15, 0.2) is 0 Å². The van der Waals surface area contributed by atoms with Crippen molar-refractivity contribution in [2.75, 3.05) is 19.6 Å². The van der Waals surface area contributed by atoms with Crippen molar-refractivity contribution in [1.82, 2.24) is 10.2 Å². The third-order valence-corrected chi connectivity index (χ3v) is 10.2. The second-order valence-electron chi connectivity index (χ2n) is 12.7. The van der Waals surface area contributed by atoms with Gasteiger partial charge in [-0.05, 0) is 97.4 Å². The summed E-state index contributed by atoms with van der Waals surface area (Å²) in [4.78, 5) is 28.8. The Hall–Kier alpha value is -3.64. The van der Waals surface area contributed by atoms with Crippen molar-refractivity contribution in [3.05, 3.63) is 82.9 Å². The quantitative estimate of drug-likeness (QED) is 0.367. The Labute approximate surface area is 241 Å². The summed E-state index contributed by atoms with van der Waals surface area (Å²) in [5.74, 6) is 1.53. The highest BCUT2D eigenvalue weighted by molar-refractivity contribution is 5.98. The lowest BCUT2D eigenvalue weighted by Crippen LogP contribution is -2.62. The van der Waals surface area contributed by atoms with Gasteiger partial charge >= 0.3 is 0 Å². The molecule has 3 aromatic rings. The summed E-state index contributed by atoms with van der Waals surface area (Å²) in [7, 11) is 0. The maximum atomic E-state index is 13.3. The van der Waals surface area contributed by atoms with Crippen LogP contribution in [0.4, 0.5) is 0 Å². The van der Waals surface area contributed by atoms with Crippen LogP contribution in [-0.4, -0.2) is 52.5 Å². The molecule has 212 valence electrons. The van der Waals surface area contributed by atoms with Gasteiger partial charge in [-0.3, -0.25) is 14.5 Å². The third kappa shape index (κ3) is 4.82. The molecule has 2 saturated carbocycles. The first-order chi connectivity index (χ1) is 19.9. The second kappa shape index (κ2) is 10.3. The Morgan fingerprint density at radius 1 is 0.951 bits per heavy atom. The molecule has 2 bridgehead atoms. The van der Waals surface area contributed by atoms with Gasteiger partial charge in [0.2, 0.25) is 0 Å². The number of Topliss-reactive ketones (excluding diaryl/α,β-unsaturated/α-hetero) is 1. The summed E-state index contributed by atoms with van der Waals surface area (Å²) < 4.78 is 0. The monoisotopic (exact) mass is 550 g/mol. The maximum absolute atomic E-state index is 13.3. The molecule has 3 atom stereocenters. The van der Waals surface area contributed by atoms with Crippen LogP contribution in [0.15, 0.2) is 60.7 Å². The van der Waals surface area contributed by atoms with Crippen LogP contribution in [0.3, 0.4) is 0 Å². The smallest absolute Gasteiger partial charge is 0.255 e. The van der Waals surface area contributed by atoms with Crippen LogP contribution in [-0.2, 0) is 23.1 Å². The van der Waals surface area contributed by atoms with Gasteiger partial charge in [-0.1, -0.05) is 42.5 Å². The minimum atomic E-state index is -0.354. The van der Waals surface area contributed by atoms with Gasteiger partial charge in [-0.2, -0.15) is 0 Å². The number of benzene rings is 3. The number of hydrogen-bond acceptors (Lipinski definition) is 5. The molecule has 0 spiro atoms. The summed E-state index contributed by atoms with van der Waals surface area (Å²) in [6.07, 6.45) is 7.09. The maximum Gasteiger partial charge on any atom is 0.255 e. The Morgan fingerprint density at radius 3 is 2.41 bits per heavy atom. The van der Waals surface area contributed by atoms with Crippen LogP contribution >= 0.6 is 0 Å². The molecule has 1 saturated heterocycles. The van der Waals surface area contributed by atoms with Crippen molar-refractivity contribution >= 4 is 11.7 Å². The van der Waals surface area contributed by atoms with Crippen molar-refractivity contribution in [2.24, 2.45) is 11.8 Å². The highest BCUT2D eigenvalue weighted by atomic mass is 16.3. The van der Waals surface area contributed by atoms with Crippen molar-refractivity contribution in [2.45, 2.75) is 62.8 Å². The Balaban J connectivity index is 1.07. The van der Waals surface area contributed by atoms with Gasteiger partial charge in [0.05, 0.1) is 5.56 Å². The van der Waals surface area contributed by atoms with Gasteiger partial charge in [-0.25, -0.2) is 0 Å².